The molecule has 1 heterocycles. The Balaban J connectivity index is 1.56. The Labute approximate surface area is 154 Å². The molecular formula is C19H18F3N5. The first-order valence-electron chi connectivity index (χ1n) is 8.42. The molecule has 2 N–H and O–H groups in total. The molecule has 3 aromatic rings. The smallest absolute Gasteiger partial charge is 0.353 e. The fraction of sp³-hybridized carbons (Fsp3) is 0.211. The lowest BCUT2D eigenvalue weighted by Gasteiger charge is -2.10. The van der Waals surface area contributed by atoms with Crippen molar-refractivity contribution in [3.63, 3.8) is 0 Å². The van der Waals surface area contributed by atoms with Crippen molar-refractivity contribution >= 4 is 17.5 Å². The Morgan fingerprint density at radius 1 is 0.963 bits per heavy atom. The second-order valence-corrected chi connectivity index (χ2v) is 5.88. The number of hydrogen-bond acceptors (Lipinski definition) is 5. The molecule has 3 rings (SSSR count). The standard InChI is InChI=1S/C19H18F3N5/c20-19(21,22)15-9-4-10-16(12-15)25-17-13-24-27-18(26-17)23-11-5-8-14-6-2-1-3-7-14/h1-4,6-7,9-10,12-13H,5,8,11H2,(H2,23,25,26,27). The zero-order chi connectivity index (χ0) is 19.1. The summed E-state index contributed by atoms with van der Waals surface area (Å²) in [7, 11) is 0. The van der Waals surface area contributed by atoms with Gasteiger partial charge in [-0.3, -0.25) is 0 Å². The second kappa shape index (κ2) is 8.48. The average molecular weight is 373 g/mol. The molecule has 5 nitrogen and oxygen atoms in total. The summed E-state index contributed by atoms with van der Waals surface area (Å²) in [5, 5.41) is 13.6. The molecule has 0 unspecified atom stereocenters. The largest absolute Gasteiger partial charge is 0.416 e. The van der Waals surface area contributed by atoms with E-state index >= 15 is 0 Å². The molecular weight excluding hydrogens is 355 g/mol. The molecule has 0 aliphatic carbocycles. The molecule has 0 atom stereocenters. The number of anilines is 3. The van der Waals surface area contributed by atoms with E-state index in [2.05, 4.69) is 37.9 Å². The predicted molar refractivity (Wildman–Crippen MR) is 97.8 cm³/mol. The van der Waals surface area contributed by atoms with E-state index in [9.17, 15) is 13.2 Å². The number of benzene rings is 2. The van der Waals surface area contributed by atoms with Gasteiger partial charge in [-0.05, 0) is 36.6 Å². The SMILES string of the molecule is FC(F)(F)c1cccc(Nc2cnnc(NCCCc3ccccc3)n2)c1. The Bertz CT molecular complexity index is 868. The Morgan fingerprint density at radius 3 is 2.56 bits per heavy atom. The molecule has 0 saturated heterocycles. The van der Waals surface area contributed by atoms with Gasteiger partial charge in [0.05, 0.1) is 11.8 Å². The van der Waals surface area contributed by atoms with Gasteiger partial charge in [0.25, 0.3) is 0 Å². The van der Waals surface area contributed by atoms with Crippen LogP contribution in [0.5, 0.6) is 0 Å². The van der Waals surface area contributed by atoms with E-state index < -0.39 is 11.7 Å². The Kier molecular flexibility index (Phi) is 5.85. The highest BCUT2D eigenvalue weighted by Gasteiger charge is 2.30. The lowest BCUT2D eigenvalue weighted by molar-refractivity contribution is -0.137. The van der Waals surface area contributed by atoms with Crippen LogP contribution in [0.3, 0.4) is 0 Å². The summed E-state index contributed by atoms with van der Waals surface area (Å²) in [5.74, 6) is 0.634. The molecule has 1 aromatic heterocycles. The summed E-state index contributed by atoms with van der Waals surface area (Å²) in [5.41, 5.74) is 0.799. The summed E-state index contributed by atoms with van der Waals surface area (Å²) < 4.78 is 38.4. The average Bonchev–Trinajstić information content (AvgIpc) is 2.66. The normalized spacial score (nSPS) is 11.2. The Morgan fingerprint density at radius 2 is 1.78 bits per heavy atom. The van der Waals surface area contributed by atoms with Gasteiger partial charge in [0.1, 0.15) is 0 Å². The highest BCUT2D eigenvalue weighted by atomic mass is 19.4. The maximum absolute atomic E-state index is 12.8. The van der Waals surface area contributed by atoms with E-state index in [4.69, 9.17) is 0 Å². The van der Waals surface area contributed by atoms with Crippen molar-refractivity contribution in [2.24, 2.45) is 0 Å². The molecule has 0 saturated carbocycles. The van der Waals surface area contributed by atoms with Crippen LogP contribution in [-0.4, -0.2) is 21.7 Å². The summed E-state index contributed by atoms with van der Waals surface area (Å²) >= 11 is 0. The number of halogens is 3. The van der Waals surface area contributed by atoms with E-state index in [0.717, 1.165) is 25.0 Å². The monoisotopic (exact) mass is 373 g/mol. The predicted octanol–water partition coefficient (Wildman–Crippen LogP) is 4.68. The van der Waals surface area contributed by atoms with Crippen LogP contribution < -0.4 is 10.6 Å². The van der Waals surface area contributed by atoms with Crippen molar-refractivity contribution in [1.82, 2.24) is 15.2 Å². The molecule has 0 aliphatic heterocycles. The summed E-state index contributed by atoms with van der Waals surface area (Å²) in [6, 6.07) is 15.0. The fourth-order valence-electron chi connectivity index (χ4n) is 2.50. The molecule has 0 amide bonds. The minimum absolute atomic E-state index is 0.278. The third-order valence-corrected chi connectivity index (χ3v) is 3.79. The van der Waals surface area contributed by atoms with Crippen molar-refractivity contribution in [2.45, 2.75) is 19.0 Å². The summed E-state index contributed by atoms with van der Waals surface area (Å²) in [4.78, 5) is 4.23. The van der Waals surface area contributed by atoms with E-state index in [-0.39, 0.29) is 5.69 Å². The van der Waals surface area contributed by atoms with Crippen molar-refractivity contribution in [1.29, 1.82) is 0 Å². The highest BCUT2D eigenvalue weighted by molar-refractivity contribution is 5.57. The van der Waals surface area contributed by atoms with Gasteiger partial charge in [0.15, 0.2) is 5.82 Å². The molecule has 0 radical (unpaired) electrons. The number of aromatic nitrogens is 3. The maximum Gasteiger partial charge on any atom is 0.416 e. The van der Waals surface area contributed by atoms with Crippen molar-refractivity contribution in [3.8, 4) is 0 Å². The van der Waals surface area contributed by atoms with E-state index in [1.165, 1.54) is 23.9 Å². The number of aryl methyl sites for hydroxylation is 1. The first kappa shape index (κ1) is 18.6. The van der Waals surface area contributed by atoms with Crippen LogP contribution in [0, 0.1) is 0 Å². The molecule has 0 aliphatic rings. The first-order chi connectivity index (χ1) is 13.0. The number of nitrogens with one attached hydrogen (secondary N) is 2. The number of nitrogens with zero attached hydrogens (tertiary/aromatic N) is 3. The van der Waals surface area contributed by atoms with Gasteiger partial charge in [-0.15, -0.1) is 5.10 Å². The van der Waals surface area contributed by atoms with Crippen LogP contribution in [0.1, 0.15) is 17.5 Å². The lowest BCUT2D eigenvalue weighted by Crippen LogP contribution is -2.09. The third kappa shape index (κ3) is 5.67. The fourth-order valence-corrected chi connectivity index (χ4v) is 2.50. The van der Waals surface area contributed by atoms with Gasteiger partial charge >= 0.3 is 6.18 Å². The zero-order valence-electron chi connectivity index (χ0n) is 14.4. The second-order valence-electron chi connectivity index (χ2n) is 5.88. The molecule has 2 aromatic carbocycles. The molecule has 0 spiro atoms. The van der Waals surface area contributed by atoms with E-state index in [1.807, 2.05) is 18.2 Å². The molecule has 8 heteroatoms. The maximum atomic E-state index is 12.8. The Hall–Kier alpha value is -3.16. The lowest BCUT2D eigenvalue weighted by atomic mass is 10.1. The van der Waals surface area contributed by atoms with Gasteiger partial charge in [-0.2, -0.15) is 23.3 Å². The van der Waals surface area contributed by atoms with Crippen LogP contribution in [0.2, 0.25) is 0 Å². The topological polar surface area (TPSA) is 62.7 Å². The van der Waals surface area contributed by atoms with Crippen molar-refractivity contribution in [2.75, 3.05) is 17.2 Å². The minimum Gasteiger partial charge on any atom is -0.353 e. The van der Waals surface area contributed by atoms with Crippen molar-refractivity contribution in [3.05, 3.63) is 71.9 Å². The van der Waals surface area contributed by atoms with Crippen LogP contribution in [0.4, 0.5) is 30.6 Å². The minimum atomic E-state index is -4.40. The molecule has 0 fully saturated rings. The van der Waals surface area contributed by atoms with Crippen LogP contribution in [0.25, 0.3) is 0 Å². The van der Waals surface area contributed by atoms with Gasteiger partial charge in [0.2, 0.25) is 5.95 Å². The number of rotatable bonds is 7. The molecule has 0 bridgehead atoms. The van der Waals surface area contributed by atoms with Gasteiger partial charge in [-0.25, -0.2) is 0 Å². The van der Waals surface area contributed by atoms with Crippen LogP contribution in [-0.2, 0) is 12.6 Å². The highest BCUT2D eigenvalue weighted by Crippen LogP contribution is 2.31. The number of hydrogen-bond donors (Lipinski definition) is 2. The summed E-state index contributed by atoms with van der Waals surface area (Å²) in [6.45, 7) is 0.656. The quantitative estimate of drug-likeness (QED) is 0.589. The van der Waals surface area contributed by atoms with Gasteiger partial charge in [0, 0.05) is 12.2 Å². The molecule has 27 heavy (non-hydrogen) atoms. The van der Waals surface area contributed by atoms with Crippen LogP contribution in [0.15, 0.2) is 60.8 Å². The number of alkyl halides is 3. The van der Waals surface area contributed by atoms with Crippen LogP contribution >= 0.6 is 0 Å². The van der Waals surface area contributed by atoms with Gasteiger partial charge < -0.3 is 10.6 Å². The van der Waals surface area contributed by atoms with Gasteiger partial charge in [-0.1, -0.05) is 36.4 Å². The van der Waals surface area contributed by atoms with E-state index in [0.29, 0.717) is 18.3 Å². The molecule has 140 valence electrons. The van der Waals surface area contributed by atoms with Crippen molar-refractivity contribution < 1.29 is 13.2 Å². The van der Waals surface area contributed by atoms with E-state index in [1.54, 1.807) is 0 Å². The first-order valence-corrected chi connectivity index (χ1v) is 8.42. The summed E-state index contributed by atoms with van der Waals surface area (Å²) in [6.07, 6.45) is -1.23. The zero-order valence-corrected chi connectivity index (χ0v) is 14.4. The third-order valence-electron chi connectivity index (χ3n) is 3.79.